The number of likely N-dealkylation sites (tertiary alicyclic amines) is 2. The second kappa shape index (κ2) is 25.9. The van der Waals surface area contributed by atoms with Gasteiger partial charge in [-0.15, -0.1) is 0 Å². The minimum atomic E-state index is -0.571. The average molecular weight is 1240 g/mol. The van der Waals surface area contributed by atoms with Crippen molar-refractivity contribution < 1.29 is 28.7 Å². The van der Waals surface area contributed by atoms with Crippen molar-refractivity contribution >= 4 is 75.3 Å². The van der Waals surface area contributed by atoms with Crippen molar-refractivity contribution in [1.29, 1.82) is 0 Å². The first-order valence-electron chi connectivity index (χ1n) is 30.4. The first-order valence-corrected chi connectivity index (χ1v) is 30.4. The lowest BCUT2D eigenvalue weighted by atomic mass is 9.87. The van der Waals surface area contributed by atoms with E-state index in [9.17, 15) is 24.0 Å². The number of anilines is 4. The Morgan fingerprint density at radius 3 is 1.26 bits per heavy atom. The lowest BCUT2D eigenvalue weighted by molar-refractivity contribution is -0.00338. The fraction of sp³-hybridized carbons (Fsp3) is 0.435. The maximum Gasteiger partial charge on any atom is 0.410 e. The Balaban J connectivity index is 0.000000213. The van der Waals surface area contributed by atoms with Gasteiger partial charge in [0.1, 0.15) is 28.6 Å². The van der Waals surface area contributed by atoms with E-state index in [1.165, 1.54) is 11.1 Å². The number of rotatable bonds is 10. The Bertz CT molecular complexity index is 3940. The highest BCUT2D eigenvalue weighted by Crippen LogP contribution is 2.34. The van der Waals surface area contributed by atoms with Gasteiger partial charge in [-0.25, -0.2) is 24.7 Å². The van der Waals surface area contributed by atoms with Crippen LogP contribution in [-0.4, -0.2) is 177 Å². The number of aromatic nitrogens is 8. The molecule has 91 heavy (non-hydrogen) atoms. The van der Waals surface area contributed by atoms with Crippen LogP contribution in [-0.2, 0) is 15.6 Å². The first kappa shape index (κ1) is 66.1. The number of benzene rings is 2. The molecule has 5 amide bonds. The Morgan fingerprint density at radius 2 is 0.912 bits per heavy atom. The number of hydrogen-bond donors (Lipinski definition) is 3. The molecule has 4 fully saturated rings. The number of fused-ring (bicyclic) bond motifs is 6. The van der Waals surface area contributed by atoms with Crippen molar-refractivity contribution in [2.75, 3.05) is 65.0 Å². The van der Waals surface area contributed by atoms with Crippen LogP contribution in [0.15, 0.2) is 110 Å². The van der Waals surface area contributed by atoms with E-state index in [0.717, 1.165) is 60.9 Å². The monoisotopic (exact) mass is 1240 g/mol. The Labute approximate surface area is 533 Å². The van der Waals surface area contributed by atoms with Crippen molar-refractivity contribution in [3.05, 3.63) is 143 Å². The number of carbonyl (C=O) groups excluding carboxylic acids is 5. The molecule has 0 radical (unpaired) electrons. The molecular weight excluding hydrogens is 1150 g/mol. The maximum absolute atomic E-state index is 13.5. The molecule has 22 heteroatoms. The molecule has 4 aliphatic rings. The van der Waals surface area contributed by atoms with Crippen LogP contribution in [0.25, 0.3) is 33.4 Å². The SMILES string of the molecule is C.C.CN(C)C(=O)c1cc2cnc(Nc3ccc(C(=O)N4CC5CCC(C4)N5)cn3)nc2n1-c1ccc(C(C)(C)C)cc1.CN(C)C(=O)c1cc2cnc(Nc3ccc(C(=O)N4CC5CCC(C4)N5C(=O)OC(C)(C)C)cn3)nc2n1-c1ccc(C(C)(C)C)cc1. The van der Waals surface area contributed by atoms with Crippen LogP contribution in [0.4, 0.5) is 28.3 Å². The highest BCUT2D eigenvalue weighted by molar-refractivity contribution is 6.00. The quantitative estimate of drug-likeness (QED) is 0.115. The summed E-state index contributed by atoms with van der Waals surface area (Å²) >= 11 is 0. The Hall–Kier alpha value is -9.31. The molecule has 4 saturated heterocycles. The zero-order valence-corrected chi connectivity index (χ0v) is 53.1. The summed E-state index contributed by atoms with van der Waals surface area (Å²) < 4.78 is 9.34. The number of carbonyl (C=O) groups is 5. The fourth-order valence-electron chi connectivity index (χ4n) is 12.0. The summed E-state index contributed by atoms with van der Waals surface area (Å²) in [6.45, 7) is 21.0. The average Bonchev–Trinajstić information content (AvgIpc) is 1.65. The van der Waals surface area contributed by atoms with Gasteiger partial charge in [0, 0.05) is 113 Å². The predicted octanol–water partition coefficient (Wildman–Crippen LogP) is 11.2. The van der Waals surface area contributed by atoms with Crippen LogP contribution in [0.2, 0.25) is 0 Å². The Morgan fingerprint density at radius 1 is 0.516 bits per heavy atom. The lowest BCUT2D eigenvalue weighted by Gasteiger charge is -2.41. The zero-order chi connectivity index (χ0) is 63.4. The third kappa shape index (κ3) is 14.2. The van der Waals surface area contributed by atoms with Gasteiger partial charge in [0.25, 0.3) is 23.6 Å². The third-order valence-corrected chi connectivity index (χ3v) is 16.7. The third-order valence-electron chi connectivity index (χ3n) is 16.7. The second-order valence-corrected chi connectivity index (χ2v) is 27.1. The summed E-state index contributed by atoms with van der Waals surface area (Å²) in [5, 5.41) is 11.3. The largest absolute Gasteiger partial charge is 0.444 e. The number of nitrogens with zero attached hydrogens (tertiary/aromatic N) is 13. The molecular formula is C69H88N16O6. The van der Waals surface area contributed by atoms with Gasteiger partial charge in [0.2, 0.25) is 11.9 Å². The molecule has 480 valence electrons. The molecule has 4 bridgehead atoms. The fourth-order valence-corrected chi connectivity index (χ4v) is 12.0. The van der Waals surface area contributed by atoms with E-state index in [1.54, 1.807) is 98.0 Å². The van der Waals surface area contributed by atoms with E-state index in [1.807, 2.05) is 70.0 Å². The van der Waals surface area contributed by atoms with Crippen LogP contribution in [0.5, 0.6) is 0 Å². The highest BCUT2D eigenvalue weighted by atomic mass is 16.6. The lowest BCUT2D eigenvalue weighted by Crippen LogP contribution is -2.57. The number of amides is 5. The van der Waals surface area contributed by atoms with Crippen LogP contribution < -0.4 is 16.0 Å². The van der Waals surface area contributed by atoms with Crippen LogP contribution in [0.1, 0.15) is 156 Å². The molecule has 4 unspecified atom stereocenters. The minimum absolute atomic E-state index is 0. The van der Waals surface area contributed by atoms with Crippen molar-refractivity contribution in [3.63, 3.8) is 0 Å². The number of ether oxygens (including phenoxy) is 1. The van der Waals surface area contributed by atoms with Gasteiger partial charge < -0.3 is 40.3 Å². The van der Waals surface area contributed by atoms with Gasteiger partial charge in [-0.05, 0) is 129 Å². The normalized spacial score (nSPS) is 17.7. The maximum atomic E-state index is 13.5. The summed E-state index contributed by atoms with van der Waals surface area (Å²) in [7, 11) is 6.91. The van der Waals surface area contributed by atoms with E-state index >= 15 is 0 Å². The summed E-state index contributed by atoms with van der Waals surface area (Å²) in [5.74, 6) is 1.25. The molecule has 0 aliphatic carbocycles. The minimum Gasteiger partial charge on any atom is -0.444 e. The second-order valence-electron chi connectivity index (χ2n) is 27.1. The van der Waals surface area contributed by atoms with E-state index in [0.29, 0.717) is 82.5 Å². The highest BCUT2D eigenvalue weighted by Gasteiger charge is 2.46. The van der Waals surface area contributed by atoms with Gasteiger partial charge >= 0.3 is 6.09 Å². The summed E-state index contributed by atoms with van der Waals surface area (Å²) in [4.78, 5) is 102. The molecule has 8 aromatic rings. The summed E-state index contributed by atoms with van der Waals surface area (Å²) in [6, 6.07) is 27.6. The molecule has 0 saturated carbocycles. The number of hydrogen-bond acceptors (Lipinski definition) is 15. The van der Waals surface area contributed by atoms with Gasteiger partial charge in [-0.2, -0.15) is 9.97 Å². The van der Waals surface area contributed by atoms with Crippen LogP contribution in [0.3, 0.4) is 0 Å². The van der Waals surface area contributed by atoms with E-state index in [4.69, 9.17) is 14.7 Å². The number of piperazine rings is 2. The van der Waals surface area contributed by atoms with Crippen molar-refractivity contribution in [2.24, 2.45) is 0 Å². The van der Waals surface area contributed by atoms with Gasteiger partial charge in [-0.3, -0.25) is 33.2 Å². The van der Waals surface area contributed by atoms with E-state index in [-0.39, 0.29) is 67.5 Å². The zero-order valence-electron chi connectivity index (χ0n) is 53.1. The van der Waals surface area contributed by atoms with Crippen LogP contribution in [0, 0.1) is 0 Å². The topological polar surface area (TPSA) is 234 Å². The Kier molecular flexibility index (Phi) is 18.8. The standard InChI is InChI=1S/C36H44N8O4.C31H36N8O2.2CH4/c1-35(2,3)24-10-12-25(13-11-24)44-28(32(46)41(7)8)17-23-19-38-33(40-30(23)44)39-29-16-9-22(18-37-29)31(45)42-20-26-14-15-27(21-42)43(26)34(47)48-36(4,5)6;1-31(2,3)21-7-11-24(12-8-21)39-25(29(41)37(4)5)14-20-16-33-30(36-27(20)39)35-26-13-6-19(15-32-26)28(40)38-17-22-9-10-23(18-38)34-22;;/h9-13,16-19,26-27H,14-15,20-21H2,1-8H3,(H,37,38,39,40);6-8,11-16,22-23,34H,9-10,17-18H2,1-5H3,(H,32,33,35,36);2*1H4. The molecule has 4 aliphatic heterocycles. The molecule has 4 atom stereocenters. The molecule has 12 rings (SSSR count). The van der Waals surface area contributed by atoms with Crippen molar-refractivity contribution in [1.82, 2.24) is 68.9 Å². The van der Waals surface area contributed by atoms with Gasteiger partial charge in [-0.1, -0.05) is 80.7 Å². The van der Waals surface area contributed by atoms with E-state index in [2.05, 4.69) is 102 Å². The number of nitrogens with one attached hydrogen (secondary N) is 3. The van der Waals surface area contributed by atoms with Crippen LogP contribution >= 0.6 is 0 Å². The molecule has 2 aromatic carbocycles. The summed E-state index contributed by atoms with van der Waals surface area (Å²) in [5.41, 5.74) is 6.65. The first-order chi connectivity index (χ1) is 42.1. The molecule has 10 heterocycles. The predicted molar refractivity (Wildman–Crippen MR) is 356 cm³/mol. The van der Waals surface area contributed by atoms with Crippen molar-refractivity contribution in [2.45, 2.75) is 143 Å². The molecule has 0 spiro atoms. The molecule has 22 nitrogen and oxygen atoms in total. The molecule has 3 N–H and O–H groups in total. The number of pyridine rings is 2. The van der Waals surface area contributed by atoms with Gasteiger partial charge in [0.05, 0.1) is 23.2 Å². The van der Waals surface area contributed by atoms with E-state index < -0.39 is 5.60 Å². The molecule has 6 aromatic heterocycles. The smallest absolute Gasteiger partial charge is 0.410 e. The summed E-state index contributed by atoms with van der Waals surface area (Å²) in [6.07, 6.45) is 10.1. The van der Waals surface area contributed by atoms with Gasteiger partial charge in [0.15, 0.2) is 11.3 Å². The van der Waals surface area contributed by atoms with Crippen molar-refractivity contribution in [3.8, 4) is 11.4 Å².